The molecule has 10 nitrogen and oxygen atoms in total. The van der Waals surface area contributed by atoms with Gasteiger partial charge in [0.2, 0.25) is 5.91 Å². The van der Waals surface area contributed by atoms with Gasteiger partial charge in [0.05, 0.1) is 12.7 Å². The van der Waals surface area contributed by atoms with Crippen LogP contribution in [0.1, 0.15) is 48.3 Å². The summed E-state index contributed by atoms with van der Waals surface area (Å²) in [7, 11) is 1.26. The molecule has 0 spiro atoms. The van der Waals surface area contributed by atoms with Gasteiger partial charge in [0.25, 0.3) is 11.1 Å². The number of nitrogens with zero attached hydrogens (tertiary/aromatic N) is 4. The minimum atomic E-state index is -0.629. The summed E-state index contributed by atoms with van der Waals surface area (Å²) in [6, 6.07) is 4.69. The second kappa shape index (κ2) is 8.27. The number of amides is 1. The number of pyridine rings is 2. The fourth-order valence-electron chi connectivity index (χ4n) is 5.50. The summed E-state index contributed by atoms with van der Waals surface area (Å²) in [6.07, 6.45) is 4.06. The van der Waals surface area contributed by atoms with Crippen molar-refractivity contribution in [3.8, 4) is 11.3 Å². The lowest BCUT2D eigenvalue weighted by atomic mass is 9.82. The number of ether oxygens (including phenoxy) is 1. The van der Waals surface area contributed by atoms with E-state index >= 15 is 0 Å². The molecule has 10 heteroatoms. The molecule has 178 valence electrons. The predicted octanol–water partition coefficient (Wildman–Crippen LogP) is 1.47. The first-order valence-electron chi connectivity index (χ1n) is 11.4. The lowest BCUT2D eigenvalue weighted by Crippen LogP contribution is -2.51. The average Bonchev–Trinajstić information content (AvgIpc) is 3.19. The van der Waals surface area contributed by atoms with Crippen LogP contribution < -0.4 is 11.1 Å². The van der Waals surface area contributed by atoms with Crippen LogP contribution in [-0.4, -0.2) is 56.3 Å². The number of esters is 1. The number of likely N-dealkylation sites (tertiary alicyclic amines) is 1. The summed E-state index contributed by atoms with van der Waals surface area (Å²) in [5.41, 5.74) is 1.11. The number of carbonyl (C=O) groups is 2. The van der Waals surface area contributed by atoms with E-state index in [0.29, 0.717) is 19.6 Å². The molecule has 0 aliphatic carbocycles. The van der Waals surface area contributed by atoms with Crippen molar-refractivity contribution in [3.05, 3.63) is 62.6 Å². The van der Waals surface area contributed by atoms with E-state index in [2.05, 4.69) is 10.2 Å². The number of hydrogen-bond acceptors (Lipinski definition) is 6. The minimum absolute atomic E-state index is 0.000222. The van der Waals surface area contributed by atoms with Gasteiger partial charge in [-0.15, -0.1) is 0 Å². The second-order valence-electron chi connectivity index (χ2n) is 9.56. The number of hydrogen-bond donors (Lipinski definition) is 1. The van der Waals surface area contributed by atoms with E-state index in [1.54, 1.807) is 22.9 Å². The molecule has 1 N–H and O–H groups in total. The van der Waals surface area contributed by atoms with Crippen molar-refractivity contribution in [1.82, 2.24) is 24.2 Å². The van der Waals surface area contributed by atoms with Gasteiger partial charge < -0.3 is 18.8 Å². The van der Waals surface area contributed by atoms with Crippen molar-refractivity contribution >= 4 is 11.9 Å². The third-order valence-electron chi connectivity index (χ3n) is 6.98. The highest BCUT2D eigenvalue weighted by atomic mass is 16.5. The Morgan fingerprint density at radius 2 is 1.94 bits per heavy atom. The summed E-state index contributed by atoms with van der Waals surface area (Å²) >= 11 is 0. The highest BCUT2D eigenvalue weighted by Gasteiger charge is 2.39. The van der Waals surface area contributed by atoms with Crippen LogP contribution in [-0.2, 0) is 16.1 Å². The maximum absolute atomic E-state index is 13.9. The van der Waals surface area contributed by atoms with E-state index in [1.807, 2.05) is 29.4 Å². The molecule has 5 heterocycles. The molecule has 5 rings (SSSR count). The van der Waals surface area contributed by atoms with Crippen molar-refractivity contribution in [2.45, 2.75) is 38.8 Å². The normalized spacial score (nSPS) is 20.3. The number of aromatic nitrogens is 4. The van der Waals surface area contributed by atoms with Gasteiger partial charge in [-0.1, -0.05) is 19.9 Å². The Bertz CT molecular complexity index is 1350. The Balaban J connectivity index is 1.52. The fraction of sp³-hybridized carbons (Fsp3) is 0.458. The Labute approximate surface area is 195 Å². The van der Waals surface area contributed by atoms with Crippen molar-refractivity contribution in [2.75, 3.05) is 20.2 Å². The molecule has 0 saturated carbocycles. The van der Waals surface area contributed by atoms with Crippen LogP contribution in [0.5, 0.6) is 0 Å². The molecule has 2 bridgehead atoms. The number of carbonyl (C=O) groups excluding carboxylic acids is 2. The van der Waals surface area contributed by atoms with Gasteiger partial charge in [-0.05, 0) is 24.3 Å². The van der Waals surface area contributed by atoms with Crippen LogP contribution in [0.2, 0.25) is 0 Å². The molecule has 4 aliphatic heterocycles. The first-order valence-corrected chi connectivity index (χ1v) is 11.4. The number of rotatable bonds is 4. The van der Waals surface area contributed by atoms with E-state index in [1.165, 1.54) is 13.3 Å². The maximum atomic E-state index is 13.9. The van der Waals surface area contributed by atoms with Crippen LogP contribution in [0.3, 0.4) is 0 Å². The Morgan fingerprint density at radius 3 is 2.68 bits per heavy atom. The molecular formula is C24H27N5O5. The topological polar surface area (TPSA) is 119 Å². The molecule has 3 unspecified atom stereocenters. The van der Waals surface area contributed by atoms with Gasteiger partial charge in [-0.25, -0.2) is 9.89 Å². The highest BCUT2D eigenvalue weighted by molar-refractivity contribution is 5.96. The van der Waals surface area contributed by atoms with Crippen molar-refractivity contribution in [2.24, 2.45) is 11.8 Å². The van der Waals surface area contributed by atoms with Gasteiger partial charge in [0.1, 0.15) is 17.3 Å². The van der Waals surface area contributed by atoms with Crippen LogP contribution in [0, 0.1) is 11.8 Å². The Hall–Kier alpha value is -3.69. The quantitative estimate of drug-likeness (QED) is 0.583. The lowest BCUT2D eigenvalue weighted by molar-refractivity contribution is -0.139. The Kier molecular flexibility index (Phi) is 5.38. The minimum Gasteiger partial charge on any atom is -0.465 e. The SMILES string of the molecule is COC(=O)c1cn(C(C(=O)N2CC3CC(C2)c2cccc(=O)n2C3)C(C)C)cc2c(=O)[nH]nc1-2. The van der Waals surface area contributed by atoms with Gasteiger partial charge in [0, 0.05) is 49.7 Å². The van der Waals surface area contributed by atoms with Crippen LogP contribution in [0.25, 0.3) is 11.3 Å². The molecule has 1 saturated heterocycles. The molecule has 0 radical (unpaired) electrons. The smallest absolute Gasteiger partial charge is 0.341 e. The van der Waals surface area contributed by atoms with E-state index in [4.69, 9.17) is 4.74 Å². The Morgan fingerprint density at radius 1 is 1.15 bits per heavy atom. The maximum Gasteiger partial charge on any atom is 0.341 e. The number of H-pyrrole nitrogens is 1. The largest absolute Gasteiger partial charge is 0.465 e. The molecule has 1 fully saturated rings. The third-order valence-corrected chi connectivity index (χ3v) is 6.98. The summed E-state index contributed by atoms with van der Waals surface area (Å²) in [6.45, 7) is 5.55. The molecule has 4 aliphatic rings. The zero-order chi connectivity index (χ0) is 24.1. The summed E-state index contributed by atoms with van der Waals surface area (Å²) in [5, 5.41) is 6.33. The van der Waals surface area contributed by atoms with E-state index < -0.39 is 17.6 Å². The lowest BCUT2D eigenvalue weighted by Gasteiger charge is -2.44. The van der Waals surface area contributed by atoms with Crippen molar-refractivity contribution in [1.29, 1.82) is 0 Å². The van der Waals surface area contributed by atoms with Crippen LogP contribution in [0.15, 0.2) is 40.2 Å². The molecule has 1 amide bonds. The standard InChI is InChI=1S/C24H27N5O5/c1-13(2)21(27-11-16-20(25-26-22(16)31)17(12-27)24(33)34-3)23(32)28-8-14-7-15(10-28)18-5-4-6-19(30)29(18)9-14/h4-6,11-15,21H,7-10H2,1-3H3,(H,26,31). The molecule has 3 atom stereocenters. The van der Waals surface area contributed by atoms with Crippen LogP contribution in [0.4, 0.5) is 0 Å². The second-order valence-corrected chi connectivity index (χ2v) is 9.56. The molecule has 1 aromatic heterocycles. The van der Waals surface area contributed by atoms with Gasteiger partial charge >= 0.3 is 5.97 Å². The summed E-state index contributed by atoms with van der Waals surface area (Å²) < 4.78 is 8.36. The van der Waals surface area contributed by atoms with E-state index in [9.17, 15) is 19.2 Å². The summed E-state index contributed by atoms with van der Waals surface area (Å²) in [5.74, 6) is -0.524. The molecule has 1 aromatic rings. The van der Waals surface area contributed by atoms with Crippen LogP contribution >= 0.6 is 0 Å². The highest BCUT2D eigenvalue weighted by Crippen LogP contribution is 2.37. The third kappa shape index (κ3) is 3.53. The predicted molar refractivity (Wildman–Crippen MR) is 123 cm³/mol. The first kappa shape index (κ1) is 22.1. The zero-order valence-electron chi connectivity index (χ0n) is 19.4. The first-order chi connectivity index (χ1) is 16.3. The number of methoxy groups -OCH3 is 1. The van der Waals surface area contributed by atoms with E-state index in [0.717, 1.165) is 12.1 Å². The monoisotopic (exact) mass is 465 g/mol. The van der Waals surface area contributed by atoms with Gasteiger partial charge in [-0.3, -0.25) is 14.4 Å². The summed E-state index contributed by atoms with van der Waals surface area (Å²) in [4.78, 5) is 52.8. The molecule has 0 aromatic carbocycles. The number of aromatic amines is 1. The average molecular weight is 466 g/mol. The van der Waals surface area contributed by atoms with E-state index in [-0.39, 0.29) is 46.0 Å². The van der Waals surface area contributed by atoms with Crippen molar-refractivity contribution < 1.29 is 14.3 Å². The van der Waals surface area contributed by atoms with Crippen molar-refractivity contribution in [3.63, 3.8) is 0 Å². The van der Waals surface area contributed by atoms with Gasteiger partial charge in [-0.2, -0.15) is 5.10 Å². The number of nitrogens with one attached hydrogen (secondary N) is 1. The number of piperidine rings is 1. The number of fused-ring (bicyclic) bond motifs is 5. The zero-order valence-corrected chi connectivity index (χ0v) is 19.4. The molecule has 34 heavy (non-hydrogen) atoms. The van der Waals surface area contributed by atoms with Gasteiger partial charge in [0.15, 0.2) is 0 Å². The fourth-order valence-corrected chi connectivity index (χ4v) is 5.50. The molecular weight excluding hydrogens is 438 g/mol.